The van der Waals surface area contributed by atoms with Crippen molar-refractivity contribution in [3.8, 4) is 0 Å². The van der Waals surface area contributed by atoms with E-state index in [9.17, 15) is 8.42 Å². The second kappa shape index (κ2) is 7.46. The van der Waals surface area contributed by atoms with Crippen LogP contribution in [0.5, 0.6) is 0 Å². The number of aromatic nitrogens is 1. The van der Waals surface area contributed by atoms with E-state index in [0.29, 0.717) is 11.7 Å². The van der Waals surface area contributed by atoms with Crippen molar-refractivity contribution < 1.29 is 12.9 Å². The first kappa shape index (κ1) is 17.1. The van der Waals surface area contributed by atoms with Gasteiger partial charge in [-0.2, -0.15) is 0 Å². The van der Waals surface area contributed by atoms with E-state index in [1.165, 1.54) is 11.8 Å². The molecule has 3 rings (SSSR count). The minimum absolute atomic E-state index is 0.0241. The second-order valence-electron chi connectivity index (χ2n) is 6.39. The van der Waals surface area contributed by atoms with Crippen LogP contribution in [0.15, 0.2) is 47.2 Å². The molecule has 0 aliphatic carbocycles. The molecule has 1 saturated heterocycles. The van der Waals surface area contributed by atoms with Crippen LogP contribution < -0.4 is 4.72 Å². The fourth-order valence-electron chi connectivity index (χ4n) is 3.18. The van der Waals surface area contributed by atoms with Crippen molar-refractivity contribution in [3.05, 3.63) is 53.9 Å². The highest BCUT2D eigenvalue weighted by Crippen LogP contribution is 2.20. The molecular formula is C17H23N3O3S. The molecule has 1 aliphatic heterocycles. The summed E-state index contributed by atoms with van der Waals surface area (Å²) < 4.78 is 32.0. The number of piperidine rings is 1. The maximum Gasteiger partial charge on any atom is 0.217 e. The van der Waals surface area contributed by atoms with Crippen molar-refractivity contribution in [2.24, 2.45) is 0 Å². The number of hydrogen-bond acceptors (Lipinski definition) is 5. The van der Waals surface area contributed by atoms with Gasteiger partial charge in [-0.05, 0) is 25.3 Å². The SMILES string of the molecule is C[C@@H]1C[C@H](NS(=O)(=O)Cc2ccon2)CCN1Cc1ccccc1. The molecule has 2 heterocycles. The van der Waals surface area contributed by atoms with Crippen LogP contribution in [-0.2, 0) is 22.3 Å². The smallest absolute Gasteiger partial charge is 0.217 e. The molecule has 0 saturated carbocycles. The lowest BCUT2D eigenvalue weighted by atomic mass is 9.98. The van der Waals surface area contributed by atoms with Gasteiger partial charge >= 0.3 is 0 Å². The summed E-state index contributed by atoms with van der Waals surface area (Å²) in [5.74, 6) is -0.137. The zero-order valence-electron chi connectivity index (χ0n) is 13.8. The molecule has 24 heavy (non-hydrogen) atoms. The van der Waals surface area contributed by atoms with E-state index in [0.717, 1.165) is 25.9 Å². The van der Waals surface area contributed by atoms with E-state index in [2.05, 4.69) is 38.4 Å². The van der Waals surface area contributed by atoms with E-state index in [4.69, 9.17) is 0 Å². The van der Waals surface area contributed by atoms with Crippen molar-refractivity contribution in [2.75, 3.05) is 6.54 Å². The molecule has 7 heteroatoms. The minimum Gasteiger partial charge on any atom is -0.364 e. The summed E-state index contributed by atoms with van der Waals surface area (Å²) >= 11 is 0. The molecule has 1 aromatic carbocycles. The molecule has 1 aliphatic rings. The molecule has 0 radical (unpaired) electrons. The number of likely N-dealkylation sites (tertiary alicyclic amines) is 1. The average molecular weight is 349 g/mol. The first-order valence-corrected chi connectivity index (χ1v) is 9.84. The van der Waals surface area contributed by atoms with Gasteiger partial charge in [0.15, 0.2) is 0 Å². The molecule has 6 nitrogen and oxygen atoms in total. The largest absolute Gasteiger partial charge is 0.364 e. The lowest BCUT2D eigenvalue weighted by Gasteiger charge is -2.37. The number of nitrogens with zero attached hydrogens (tertiary/aromatic N) is 2. The minimum atomic E-state index is -3.39. The van der Waals surface area contributed by atoms with Crippen molar-refractivity contribution in [2.45, 2.75) is 44.1 Å². The van der Waals surface area contributed by atoms with E-state index in [1.54, 1.807) is 6.07 Å². The van der Waals surface area contributed by atoms with Crippen LogP contribution in [0, 0.1) is 0 Å². The van der Waals surface area contributed by atoms with Gasteiger partial charge in [-0.15, -0.1) is 0 Å². The van der Waals surface area contributed by atoms with Gasteiger partial charge in [-0.25, -0.2) is 13.1 Å². The van der Waals surface area contributed by atoms with Gasteiger partial charge in [0, 0.05) is 31.2 Å². The van der Waals surface area contributed by atoms with Crippen LogP contribution in [0.1, 0.15) is 31.0 Å². The molecule has 130 valence electrons. The molecule has 1 fully saturated rings. The van der Waals surface area contributed by atoms with Gasteiger partial charge in [0.1, 0.15) is 12.0 Å². The molecule has 0 amide bonds. The van der Waals surface area contributed by atoms with Crippen molar-refractivity contribution in [1.82, 2.24) is 14.8 Å². The fraction of sp³-hybridized carbons (Fsp3) is 0.471. The third-order valence-electron chi connectivity index (χ3n) is 4.42. The van der Waals surface area contributed by atoms with Gasteiger partial charge in [0.25, 0.3) is 0 Å². The Hall–Kier alpha value is -1.70. The summed E-state index contributed by atoms with van der Waals surface area (Å²) in [6, 6.07) is 12.2. The number of hydrogen-bond donors (Lipinski definition) is 1. The molecule has 2 atom stereocenters. The Morgan fingerprint density at radius 2 is 2.08 bits per heavy atom. The molecular weight excluding hydrogens is 326 g/mol. The van der Waals surface area contributed by atoms with Gasteiger partial charge < -0.3 is 4.52 Å². The van der Waals surface area contributed by atoms with E-state index < -0.39 is 10.0 Å². The summed E-state index contributed by atoms with van der Waals surface area (Å²) in [7, 11) is -3.39. The normalized spacial score (nSPS) is 22.5. The molecule has 1 aromatic heterocycles. The van der Waals surface area contributed by atoms with Gasteiger partial charge in [-0.3, -0.25) is 4.90 Å². The summed E-state index contributed by atoms with van der Waals surface area (Å²) in [5, 5.41) is 3.67. The Morgan fingerprint density at radius 1 is 1.29 bits per heavy atom. The lowest BCUT2D eigenvalue weighted by Crippen LogP contribution is -2.48. The zero-order chi connectivity index (χ0) is 17.0. The Labute approximate surface area is 142 Å². The van der Waals surface area contributed by atoms with Crippen LogP contribution in [0.25, 0.3) is 0 Å². The second-order valence-corrected chi connectivity index (χ2v) is 8.15. The number of nitrogens with one attached hydrogen (secondary N) is 1. The number of benzene rings is 1. The third kappa shape index (κ3) is 4.66. The molecule has 0 spiro atoms. The highest BCUT2D eigenvalue weighted by molar-refractivity contribution is 7.88. The molecule has 0 unspecified atom stereocenters. The first-order valence-electron chi connectivity index (χ1n) is 8.19. The Balaban J connectivity index is 1.53. The average Bonchev–Trinajstić information content (AvgIpc) is 3.03. The third-order valence-corrected chi connectivity index (χ3v) is 5.79. The number of sulfonamides is 1. The van der Waals surface area contributed by atoms with Gasteiger partial charge in [-0.1, -0.05) is 35.5 Å². The lowest BCUT2D eigenvalue weighted by molar-refractivity contribution is 0.135. The maximum atomic E-state index is 12.2. The summed E-state index contributed by atoms with van der Waals surface area (Å²) in [4.78, 5) is 2.40. The molecule has 0 bridgehead atoms. The Kier molecular flexibility index (Phi) is 5.33. The van der Waals surface area contributed by atoms with Gasteiger partial charge in [0.2, 0.25) is 10.0 Å². The van der Waals surface area contributed by atoms with Crippen LogP contribution in [0.3, 0.4) is 0 Å². The van der Waals surface area contributed by atoms with Crippen LogP contribution in [0.4, 0.5) is 0 Å². The Morgan fingerprint density at radius 3 is 2.75 bits per heavy atom. The van der Waals surface area contributed by atoms with E-state index in [-0.39, 0.29) is 11.8 Å². The van der Waals surface area contributed by atoms with Crippen LogP contribution in [-0.4, -0.2) is 37.1 Å². The predicted molar refractivity (Wildman–Crippen MR) is 91.6 cm³/mol. The Bertz CT molecular complexity index is 732. The summed E-state index contributed by atoms with van der Waals surface area (Å²) in [6.45, 7) is 3.94. The van der Waals surface area contributed by atoms with E-state index in [1.807, 2.05) is 18.2 Å². The molecule has 1 N–H and O–H groups in total. The highest BCUT2D eigenvalue weighted by Gasteiger charge is 2.28. The first-order chi connectivity index (χ1) is 11.5. The quantitative estimate of drug-likeness (QED) is 0.865. The zero-order valence-corrected chi connectivity index (χ0v) is 14.6. The topological polar surface area (TPSA) is 75.4 Å². The maximum absolute atomic E-state index is 12.2. The van der Waals surface area contributed by atoms with Crippen LogP contribution in [0.2, 0.25) is 0 Å². The fourth-order valence-corrected chi connectivity index (χ4v) is 4.53. The molecule has 2 aromatic rings. The monoisotopic (exact) mass is 349 g/mol. The number of rotatable bonds is 6. The van der Waals surface area contributed by atoms with E-state index >= 15 is 0 Å². The van der Waals surface area contributed by atoms with Gasteiger partial charge in [0.05, 0.1) is 5.69 Å². The van der Waals surface area contributed by atoms with Crippen molar-refractivity contribution in [1.29, 1.82) is 0 Å². The van der Waals surface area contributed by atoms with Crippen molar-refractivity contribution in [3.63, 3.8) is 0 Å². The predicted octanol–water partition coefficient (Wildman–Crippen LogP) is 2.15. The highest BCUT2D eigenvalue weighted by atomic mass is 32.2. The van der Waals surface area contributed by atoms with Crippen molar-refractivity contribution >= 4 is 10.0 Å². The summed E-state index contributed by atoms with van der Waals surface area (Å²) in [5.41, 5.74) is 1.71. The standard InChI is InChI=1S/C17H23N3O3S/c1-14-11-16(19-24(21,22)13-17-8-10-23-18-17)7-9-20(14)12-15-5-3-2-4-6-15/h2-6,8,10,14,16,19H,7,9,11-13H2,1H3/t14-,16-/m1/s1. The summed E-state index contributed by atoms with van der Waals surface area (Å²) in [6.07, 6.45) is 3.01. The van der Waals surface area contributed by atoms with Crippen LogP contribution >= 0.6 is 0 Å².